The van der Waals surface area contributed by atoms with Gasteiger partial charge in [-0.2, -0.15) is 5.10 Å². The van der Waals surface area contributed by atoms with Crippen molar-refractivity contribution in [3.63, 3.8) is 0 Å². The lowest BCUT2D eigenvalue weighted by Gasteiger charge is -2.71. The van der Waals surface area contributed by atoms with Crippen LogP contribution in [0.3, 0.4) is 0 Å². The summed E-state index contributed by atoms with van der Waals surface area (Å²) in [6.07, 6.45) is 13.3. The Balaban J connectivity index is 1.35. The van der Waals surface area contributed by atoms with Crippen molar-refractivity contribution >= 4 is 5.97 Å². The SMILES string of the molecule is CC(C)[C@@H](C)[C@@]1(C)CC[C@]2(C)[C@H]3CC[C@@H]4C5(COC[C@]4(C)[C@@H](OC[C@@](C)(N)C(C)C)[C@H](n4ncnc4-c4ccncc4)C5)C3=CC[C@@]2(C)[C@@H]1C(=O)O. The number of fused-ring (bicyclic) bond motifs is 3. The molecule has 0 aromatic carbocycles. The van der Waals surface area contributed by atoms with Gasteiger partial charge in [-0.15, -0.1) is 0 Å². The summed E-state index contributed by atoms with van der Waals surface area (Å²) in [6, 6.07) is 3.90. The third-order valence-electron chi connectivity index (χ3n) is 16.8. The van der Waals surface area contributed by atoms with Crippen LogP contribution in [0.2, 0.25) is 0 Å². The van der Waals surface area contributed by atoms with Crippen molar-refractivity contribution in [2.75, 3.05) is 19.8 Å². The average molecular weight is 716 g/mol. The summed E-state index contributed by atoms with van der Waals surface area (Å²) in [5.41, 5.74) is 7.56. The number of allylic oxidation sites excluding steroid dienone is 1. The van der Waals surface area contributed by atoms with E-state index in [0.29, 0.717) is 37.6 Å². The minimum atomic E-state index is -0.624. The number of nitrogens with zero attached hydrogens (tertiary/aromatic N) is 4. The van der Waals surface area contributed by atoms with Crippen LogP contribution < -0.4 is 5.73 Å². The van der Waals surface area contributed by atoms with E-state index in [-0.39, 0.29) is 51.1 Å². The number of aliphatic carboxylic acids is 1. The first-order chi connectivity index (χ1) is 24.4. The van der Waals surface area contributed by atoms with Crippen LogP contribution in [0.1, 0.15) is 114 Å². The normalized spacial score (nSPS) is 41.7. The van der Waals surface area contributed by atoms with E-state index in [1.807, 2.05) is 24.5 Å². The van der Waals surface area contributed by atoms with Gasteiger partial charge in [-0.1, -0.05) is 74.0 Å². The molecule has 4 aliphatic carbocycles. The Labute approximate surface area is 311 Å². The quantitative estimate of drug-likeness (QED) is 0.249. The summed E-state index contributed by atoms with van der Waals surface area (Å²) >= 11 is 0. The molecule has 0 radical (unpaired) electrons. The largest absolute Gasteiger partial charge is 0.481 e. The summed E-state index contributed by atoms with van der Waals surface area (Å²) in [4.78, 5) is 22.6. The van der Waals surface area contributed by atoms with E-state index in [1.165, 1.54) is 5.57 Å². The smallest absolute Gasteiger partial charge is 0.307 e. The molecule has 52 heavy (non-hydrogen) atoms. The van der Waals surface area contributed by atoms with Crippen LogP contribution in [0.15, 0.2) is 42.5 Å². The van der Waals surface area contributed by atoms with Gasteiger partial charge in [-0.3, -0.25) is 9.78 Å². The third kappa shape index (κ3) is 5.25. The van der Waals surface area contributed by atoms with Crippen molar-refractivity contribution in [2.45, 2.75) is 125 Å². The van der Waals surface area contributed by atoms with Crippen molar-refractivity contribution in [3.05, 3.63) is 42.5 Å². The van der Waals surface area contributed by atoms with Gasteiger partial charge in [0.1, 0.15) is 6.33 Å². The first kappa shape index (κ1) is 37.7. The van der Waals surface area contributed by atoms with Gasteiger partial charge in [0, 0.05) is 34.3 Å². The number of ether oxygens (including phenoxy) is 2. The molecule has 3 N–H and O–H groups in total. The Morgan fingerprint density at radius 3 is 2.44 bits per heavy atom. The van der Waals surface area contributed by atoms with E-state index in [4.69, 9.17) is 25.3 Å². The van der Waals surface area contributed by atoms with Gasteiger partial charge in [0.2, 0.25) is 0 Å². The highest BCUT2D eigenvalue weighted by molar-refractivity contribution is 5.73. The Hall–Kier alpha value is -2.62. The van der Waals surface area contributed by atoms with Gasteiger partial charge in [0.15, 0.2) is 5.82 Å². The minimum absolute atomic E-state index is 0.104. The van der Waals surface area contributed by atoms with Crippen molar-refractivity contribution in [3.8, 4) is 11.4 Å². The topological polar surface area (TPSA) is 125 Å². The lowest BCUT2D eigenvalue weighted by atomic mass is 9.34. The molecule has 0 amide bonds. The monoisotopic (exact) mass is 716 g/mol. The number of aromatic nitrogens is 4. The standard InChI is InChI=1S/C43H65N5O4/c1-26(2)28(5)38(6)17-18-40(8)30-11-12-33-39(7)22-51-24-43(33,31(30)13-16-41(40,9)34(38)37(49)50)21-32(35(39)52-23-42(10,44)27(3)4)48-36(46-25-47-48)29-14-19-45-20-15-29/h13-15,19-20,25-28,30,32-35H,11-12,16-18,21-24,44H2,1-10H3,(H,49,50)/t28-,30+,32-,33+,34-,35+,38-,39+,40-,41+,42-,43?/m1/s1. The van der Waals surface area contributed by atoms with Crippen LogP contribution in [0.5, 0.6) is 0 Å². The van der Waals surface area contributed by atoms with Crippen molar-refractivity contribution in [1.29, 1.82) is 0 Å². The third-order valence-corrected chi connectivity index (χ3v) is 16.8. The molecule has 9 nitrogen and oxygen atoms in total. The maximum Gasteiger partial charge on any atom is 0.307 e. The lowest BCUT2D eigenvalue weighted by molar-refractivity contribution is -0.252. The summed E-state index contributed by atoms with van der Waals surface area (Å²) in [7, 11) is 0. The predicted octanol–water partition coefficient (Wildman–Crippen LogP) is 8.23. The van der Waals surface area contributed by atoms with Crippen LogP contribution in [0.25, 0.3) is 11.4 Å². The zero-order valence-corrected chi connectivity index (χ0v) is 33.5. The molecule has 1 saturated heterocycles. The maximum atomic E-state index is 13.6. The summed E-state index contributed by atoms with van der Waals surface area (Å²) in [5, 5.41) is 16.1. The summed E-state index contributed by atoms with van der Waals surface area (Å²) in [5.74, 6) is 1.39. The Morgan fingerprint density at radius 2 is 1.79 bits per heavy atom. The van der Waals surface area contributed by atoms with E-state index >= 15 is 0 Å². The Bertz CT molecular complexity index is 1690. The number of hydrogen-bond donors (Lipinski definition) is 2. The fourth-order valence-electron chi connectivity index (χ4n) is 12.8. The number of carboxylic acids is 1. The van der Waals surface area contributed by atoms with E-state index in [2.05, 4.69) is 85.0 Å². The first-order valence-electron chi connectivity index (χ1n) is 20.1. The van der Waals surface area contributed by atoms with Gasteiger partial charge < -0.3 is 20.3 Å². The van der Waals surface area contributed by atoms with E-state index in [0.717, 1.165) is 49.9 Å². The second kappa shape index (κ2) is 12.7. The van der Waals surface area contributed by atoms with Crippen LogP contribution in [0.4, 0.5) is 0 Å². The highest BCUT2D eigenvalue weighted by Gasteiger charge is 2.72. The molecule has 286 valence electrons. The lowest BCUT2D eigenvalue weighted by Crippen LogP contribution is -2.69. The first-order valence-corrected chi connectivity index (χ1v) is 20.1. The van der Waals surface area contributed by atoms with E-state index < -0.39 is 17.4 Å². The second-order valence-corrected chi connectivity index (χ2v) is 19.8. The molecule has 2 aromatic rings. The molecule has 7 rings (SSSR count). The Kier molecular flexibility index (Phi) is 9.22. The van der Waals surface area contributed by atoms with Crippen LogP contribution in [0, 0.1) is 62.6 Å². The number of nitrogens with two attached hydrogens (primary N) is 1. The fraction of sp³-hybridized carbons (Fsp3) is 0.767. The van der Waals surface area contributed by atoms with Gasteiger partial charge >= 0.3 is 5.97 Å². The molecule has 0 spiro atoms. The Morgan fingerprint density at radius 1 is 1.08 bits per heavy atom. The molecule has 2 aromatic heterocycles. The van der Waals surface area contributed by atoms with Crippen molar-refractivity contribution in [2.24, 2.45) is 68.3 Å². The minimum Gasteiger partial charge on any atom is -0.481 e. The predicted molar refractivity (Wildman–Crippen MR) is 203 cm³/mol. The molecular weight excluding hydrogens is 651 g/mol. The number of carboxylic acid groups (broad SMARTS) is 1. The molecule has 1 aliphatic heterocycles. The fourth-order valence-corrected chi connectivity index (χ4v) is 12.8. The van der Waals surface area contributed by atoms with Gasteiger partial charge in [-0.25, -0.2) is 9.67 Å². The van der Waals surface area contributed by atoms with E-state index in [9.17, 15) is 9.90 Å². The van der Waals surface area contributed by atoms with E-state index in [1.54, 1.807) is 6.33 Å². The molecular formula is C43H65N5O4. The van der Waals surface area contributed by atoms with Crippen molar-refractivity contribution in [1.82, 2.24) is 19.7 Å². The van der Waals surface area contributed by atoms with Crippen LogP contribution in [-0.2, 0) is 14.3 Å². The highest BCUT2D eigenvalue weighted by atomic mass is 16.5. The number of carbonyl (C=O) groups is 1. The average Bonchev–Trinajstić information content (AvgIpc) is 3.58. The number of pyridine rings is 1. The van der Waals surface area contributed by atoms with Crippen LogP contribution >= 0.6 is 0 Å². The molecule has 12 atom stereocenters. The summed E-state index contributed by atoms with van der Waals surface area (Å²) < 4.78 is 16.1. The molecule has 1 unspecified atom stereocenters. The molecule has 5 aliphatic rings. The number of rotatable bonds is 9. The van der Waals surface area contributed by atoms with Crippen LogP contribution in [-0.4, -0.2) is 62.3 Å². The summed E-state index contributed by atoms with van der Waals surface area (Å²) in [6.45, 7) is 24.4. The zero-order chi connectivity index (χ0) is 37.6. The molecule has 3 saturated carbocycles. The van der Waals surface area contributed by atoms with Crippen molar-refractivity contribution < 1.29 is 19.4 Å². The maximum absolute atomic E-state index is 13.6. The molecule has 3 heterocycles. The van der Waals surface area contributed by atoms with Gasteiger partial charge in [-0.05, 0) is 103 Å². The second-order valence-electron chi connectivity index (χ2n) is 19.8. The molecule has 4 fully saturated rings. The van der Waals surface area contributed by atoms with Gasteiger partial charge in [0.05, 0.1) is 37.9 Å². The molecule has 2 bridgehead atoms. The van der Waals surface area contributed by atoms with Gasteiger partial charge in [0.25, 0.3) is 0 Å². The number of hydrogen-bond acceptors (Lipinski definition) is 7. The highest BCUT2D eigenvalue weighted by Crippen LogP contribution is 2.75. The zero-order valence-electron chi connectivity index (χ0n) is 33.5. The molecule has 9 heteroatoms.